The van der Waals surface area contributed by atoms with Gasteiger partial charge in [-0.05, 0) is 56.5 Å². The molecule has 0 unspecified atom stereocenters. The summed E-state index contributed by atoms with van der Waals surface area (Å²) in [6.07, 6.45) is 3.04. The van der Waals surface area contributed by atoms with E-state index in [-0.39, 0.29) is 17.4 Å². The van der Waals surface area contributed by atoms with Crippen LogP contribution >= 0.6 is 0 Å². The number of ether oxygens (including phenoxy) is 2. The monoisotopic (exact) mass is 374 g/mol. The van der Waals surface area contributed by atoms with Crippen molar-refractivity contribution in [2.45, 2.75) is 44.6 Å². The van der Waals surface area contributed by atoms with Crippen LogP contribution in [0.4, 0.5) is 0 Å². The van der Waals surface area contributed by atoms with Crippen LogP contribution in [0.5, 0.6) is 5.75 Å². The molecule has 1 saturated carbocycles. The van der Waals surface area contributed by atoms with Crippen LogP contribution < -0.4 is 4.74 Å². The molecule has 0 N–H and O–H groups in total. The first-order chi connectivity index (χ1) is 12.8. The van der Waals surface area contributed by atoms with Gasteiger partial charge in [-0.2, -0.15) is 0 Å². The number of piperidine rings is 1. The lowest BCUT2D eigenvalue weighted by Crippen LogP contribution is -2.47. The molecule has 0 aromatic heterocycles. The standard InChI is InChI=1S/C22H34N2O3/c1-21(2)16-22(21,17-6-8-18(26-5)9-7-17)20(25)24-12-10-19(11-13-24)27-15-14-23(3)4/h6-9,19H,10-16H2,1-5H3/t22-/m1/s1. The molecule has 5 heteroatoms. The maximum absolute atomic E-state index is 13.5. The van der Waals surface area contributed by atoms with Crippen LogP contribution in [0.25, 0.3) is 0 Å². The molecule has 1 heterocycles. The summed E-state index contributed by atoms with van der Waals surface area (Å²) in [5.74, 6) is 1.11. The number of likely N-dealkylation sites (tertiary alicyclic amines) is 1. The van der Waals surface area contributed by atoms with Gasteiger partial charge in [-0.3, -0.25) is 4.79 Å². The number of benzene rings is 1. The van der Waals surface area contributed by atoms with E-state index in [1.54, 1.807) is 7.11 Å². The van der Waals surface area contributed by atoms with Gasteiger partial charge in [-0.15, -0.1) is 0 Å². The van der Waals surface area contributed by atoms with Crippen molar-refractivity contribution in [2.24, 2.45) is 5.41 Å². The largest absolute Gasteiger partial charge is 0.497 e. The van der Waals surface area contributed by atoms with Gasteiger partial charge in [0.15, 0.2) is 0 Å². The summed E-state index contributed by atoms with van der Waals surface area (Å²) in [6.45, 7) is 7.68. The Kier molecular flexibility index (Phi) is 5.82. The second kappa shape index (κ2) is 7.80. The van der Waals surface area contributed by atoms with E-state index in [2.05, 4.69) is 49.9 Å². The van der Waals surface area contributed by atoms with E-state index in [4.69, 9.17) is 9.47 Å². The zero-order valence-corrected chi connectivity index (χ0v) is 17.5. The third-order valence-electron chi connectivity index (χ3n) is 6.31. The summed E-state index contributed by atoms with van der Waals surface area (Å²) in [5, 5.41) is 0. The summed E-state index contributed by atoms with van der Waals surface area (Å²) in [6, 6.07) is 8.04. The summed E-state index contributed by atoms with van der Waals surface area (Å²) < 4.78 is 11.3. The smallest absolute Gasteiger partial charge is 0.233 e. The summed E-state index contributed by atoms with van der Waals surface area (Å²) in [5.41, 5.74) is 0.720. The van der Waals surface area contributed by atoms with E-state index in [1.807, 2.05) is 12.1 Å². The number of likely N-dealkylation sites (N-methyl/N-ethyl adjacent to an activating group) is 1. The van der Waals surface area contributed by atoms with Gasteiger partial charge in [0.25, 0.3) is 0 Å². The summed E-state index contributed by atoms with van der Waals surface area (Å²) in [4.78, 5) is 17.7. The molecule has 0 bridgehead atoms. The lowest BCUT2D eigenvalue weighted by molar-refractivity contribution is -0.137. The van der Waals surface area contributed by atoms with Crippen LogP contribution in [0.2, 0.25) is 0 Å². The summed E-state index contributed by atoms with van der Waals surface area (Å²) in [7, 11) is 5.78. The number of hydrogen-bond donors (Lipinski definition) is 0. The predicted molar refractivity (Wildman–Crippen MR) is 107 cm³/mol. The zero-order valence-electron chi connectivity index (χ0n) is 17.5. The Hall–Kier alpha value is -1.59. The van der Waals surface area contributed by atoms with Gasteiger partial charge >= 0.3 is 0 Å². The fraction of sp³-hybridized carbons (Fsp3) is 0.682. The lowest BCUT2D eigenvalue weighted by Gasteiger charge is -2.35. The van der Waals surface area contributed by atoms with Gasteiger partial charge in [-0.25, -0.2) is 0 Å². The molecule has 1 atom stereocenters. The Bertz CT molecular complexity index is 648. The molecule has 3 rings (SSSR count). The van der Waals surface area contributed by atoms with Crippen molar-refractivity contribution in [2.75, 3.05) is 47.4 Å². The van der Waals surface area contributed by atoms with Gasteiger partial charge in [0.1, 0.15) is 5.75 Å². The minimum atomic E-state index is -0.391. The Morgan fingerprint density at radius 1 is 1.19 bits per heavy atom. The number of amides is 1. The normalized spacial score (nSPS) is 24.9. The number of hydrogen-bond acceptors (Lipinski definition) is 4. The number of carbonyl (C=O) groups excluding carboxylic acids is 1. The highest BCUT2D eigenvalue weighted by molar-refractivity contribution is 5.93. The number of methoxy groups -OCH3 is 1. The molecule has 2 aliphatic rings. The van der Waals surface area contributed by atoms with Gasteiger partial charge in [-0.1, -0.05) is 26.0 Å². The van der Waals surface area contributed by atoms with E-state index in [0.717, 1.165) is 56.8 Å². The Morgan fingerprint density at radius 3 is 2.26 bits per heavy atom. The highest BCUT2D eigenvalue weighted by Gasteiger charge is 2.68. The topological polar surface area (TPSA) is 42.0 Å². The van der Waals surface area contributed by atoms with Crippen molar-refractivity contribution >= 4 is 5.91 Å². The molecule has 1 aliphatic carbocycles. The van der Waals surface area contributed by atoms with Crippen molar-refractivity contribution in [3.05, 3.63) is 29.8 Å². The fourth-order valence-corrected chi connectivity index (χ4v) is 4.37. The van der Waals surface area contributed by atoms with Crippen molar-refractivity contribution in [1.82, 2.24) is 9.80 Å². The van der Waals surface area contributed by atoms with E-state index in [9.17, 15) is 4.79 Å². The lowest BCUT2D eigenvalue weighted by atomic mass is 9.86. The Labute approximate surface area is 163 Å². The van der Waals surface area contributed by atoms with Gasteiger partial charge in [0.2, 0.25) is 5.91 Å². The average molecular weight is 375 g/mol. The number of nitrogens with zero attached hydrogens (tertiary/aromatic N) is 2. The molecule has 150 valence electrons. The van der Waals surface area contributed by atoms with Crippen LogP contribution in [0, 0.1) is 5.41 Å². The van der Waals surface area contributed by atoms with E-state index >= 15 is 0 Å². The van der Waals surface area contributed by atoms with Gasteiger partial charge < -0.3 is 19.3 Å². The van der Waals surface area contributed by atoms with Crippen molar-refractivity contribution < 1.29 is 14.3 Å². The second-order valence-electron chi connectivity index (χ2n) is 8.86. The van der Waals surface area contributed by atoms with Crippen LogP contribution in [-0.4, -0.2) is 69.3 Å². The van der Waals surface area contributed by atoms with Crippen LogP contribution in [-0.2, 0) is 14.9 Å². The zero-order chi connectivity index (χ0) is 19.7. The van der Waals surface area contributed by atoms with E-state index in [0.29, 0.717) is 0 Å². The highest BCUT2D eigenvalue weighted by atomic mass is 16.5. The molecule has 5 nitrogen and oxygen atoms in total. The molecule has 1 saturated heterocycles. The fourth-order valence-electron chi connectivity index (χ4n) is 4.37. The number of rotatable bonds is 7. The Balaban J connectivity index is 1.63. The molecule has 1 amide bonds. The van der Waals surface area contributed by atoms with Crippen LogP contribution in [0.1, 0.15) is 38.7 Å². The first kappa shape index (κ1) is 20.2. The van der Waals surface area contributed by atoms with Crippen LogP contribution in [0.15, 0.2) is 24.3 Å². The maximum atomic E-state index is 13.5. The molecule has 27 heavy (non-hydrogen) atoms. The third-order valence-corrected chi connectivity index (χ3v) is 6.31. The highest BCUT2D eigenvalue weighted by Crippen LogP contribution is 2.65. The molecular weight excluding hydrogens is 340 g/mol. The molecule has 0 radical (unpaired) electrons. The van der Waals surface area contributed by atoms with Crippen LogP contribution in [0.3, 0.4) is 0 Å². The molecule has 2 fully saturated rings. The molecule has 1 aromatic rings. The van der Waals surface area contributed by atoms with Crippen molar-refractivity contribution in [1.29, 1.82) is 0 Å². The molecular formula is C22H34N2O3. The van der Waals surface area contributed by atoms with Gasteiger partial charge in [0.05, 0.1) is 25.2 Å². The minimum absolute atomic E-state index is 0.00225. The molecule has 1 aliphatic heterocycles. The van der Waals surface area contributed by atoms with Crippen molar-refractivity contribution in [3.8, 4) is 5.75 Å². The molecule has 0 spiro atoms. The van der Waals surface area contributed by atoms with Gasteiger partial charge in [0, 0.05) is 19.6 Å². The summed E-state index contributed by atoms with van der Waals surface area (Å²) >= 11 is 0. The first-order valence-corrected chi connectivity index (χ1v) is 10.0. The third kappa shape index (κ3) is 3.99. The molecule has 1 aromatic carbocycles. The average Bonchev–Trinajstić information content (AvgIpc) is 3.25. The van der Waals surface area contributed by atoms with Crippen molar-refractivity contribution in [3.63, 3.8) is 0 Å². The SMILES string of the molecule is COc1ccc([C@@]2(C(=O)N3CCC(OCCN(C)C)CC3)CC2(C)C)cc1. The predicted octanol–water partition coefficient (Wildman–Crippen LogP) is 2.93. The first-order valence-electron chi connectivity index (χ1n) is 10.0. The minimum Gasteiger partial charge on any atom is -0.497 e. The van der Waals surface area contributed by atoms with E-state index in [1.165, 1.54) is 0 Å². The maximum Gasteiger partial charge on any atom is 0.233 e. The number of carbonyl (C=O) groups is 1. The Morgan fingerprint density at radius 2 is 1.78 bits per heavy atom. The van der Waals surface area contributed by atoms with E-state index < -0.39 is 5.41 Å². The second-order valence-corrected chi connectivity index (χ2v) is 8.86. The quantitative estimate of drug-likeness (QED) is 0.736.